The zero-order chi connectivity index (χ0) is 22.8. The van der Waals surface area contributed by atoms with Gasteiger partial charge in [-0.25, -0.2) is 0 Å². The lowest BCUT2D eigenvalue weighted by Crippen LogP contribution is -2.86. The number of hydrogen-bond acceptors (Lipinski definition) is 5. The van der Waals surface area contributed by atoms with Crippen LogP contribution in [0.5, 0.6) is 0 Å². The lowest BCUT2D eigenvalue weighted by atomic mass is 9.85. The van der Waals surface area contributed by atoms with E-state index in [0.717, 1.165) is 0 Å². The Labute approximate surface area is 183 Å². The van der Waals surface area contributed by atoms with Gasteiger partial charge < -0.3 is 9.73 Å². The SMILES string of the molecule is CC(C)[C@H]([NH2+][C@@H](C)c1nnc(-c2ccc([N+](=O)[O-])cc2)o1)c1ccc(C(C)(C)C)cc1. The Kier molecular flexibility index (Phi) is 6.55. The smallest absolute Gasteiger partial charge is 0.274 e. The number of nitro groups is 1. The summed E-state index contributed by atoms with van der Waals surface area (Å²) in [6.07, 6.45) is 0. The summed E-state index contributed by atoms with van der Waals surface area (Å²) in [5, 5.41) is 21.4. The van der Waals surface area contributed by atoms with Gasteiger partial charge in [-0.15, -0.1) is 10.2 Å². The van der Waals surface area contributed by atoms with E-state index >= 15 is 0 Å². The molecule has 0 radical (unpaired) electrons. The van der Waals surface area contributed by atoms with Gasteiger partial charge in [0.15, 0.2) is 6.04 Å². The van der Waals surface area contributed by atoms with Crippen molar-refractivity contribution in [3.63, 3.8) is 0 Å². The van der Waals surface area contributed by atoms with Crippen molar-refractivity contribution in [3.8, 4) is 11.5 Å². The molecule has 0 aliphatic heterocycles. The molecule has 1 heterocycles. The number of aromatic nitrogens is 2. The maximum absolute atomic E-state index is 10.8. The van der Waals surface area contributed by atoms with Crippen LogP contribution in [0.3, 0.4) is 0 Å². The molecule has 0 spiro atoms. The monoisotopic (exact) mass is 423 g/mol. The average molecular weight is 424 g/mol. The molecule has 0 aliphatic carbocycles. The molecule has 0 fully saturated rings. The van der Waals surface area contributed by atoms with E-state index in [0.29, 0.717) is 23.3 Å². The van der Waals surface area contributed by atoms with E-state index in [1.807, 2.05) is 6.92 Å². The summed E-state index contributed by atoms with van der Waals surface area (Å²) in [5.41, 5.74) is 3.40. The van der Waals surface area contributed by atoms with Crippen LogP contribution in [0.4, 0.5) is 5.69 Å². The van der Waals surface area contributed by atoms with Crippen molar-refractivity contribution in [2.45, 2.75) is 59.0 Å². The normalized spacial score (nSPS) is 13.9. The molecule has 0 aliphatic rings. The molecule has 3 aromatic rings. The number of rotatable bonds is 7. The zero-order valence-corrected chi connectivity index (χ0v) is 19.0. The van der Waals surface area contributed by atoms with Crippen LogP contribution in [0.2, 0.25) is 0 Å². The maximum atomic E-state index is 10.8. The molecule has 164 valence electrons. The molecular weight excluding hydrogens is 392 g/mol. The Bertz CT molecular complexity index is 1020. The van der Waals surface area contributed by atoms with Crippen LogP contribution in [0.15, 0.2) is 52.9 Å². The van der Waals surface area contributed by atoms with Crippen molar-refractivity contribution >= 4 is 5.69 Å². The second-order valence-corrected chi connectivity index (χ2v) is 9.37. The Balaban J connectivity index is 1.76. The van der Waals surface area contributed by atoms with E-state index in [1.54, 1.807) is 12.1 Å². The van der Waals surface area contributed by atoms with Crippen molar-refractivity contribution in [2.24, 2.45) is 5.92 Å². The largest absolute Gasteiger partial charge is 0.415 e. The van der Waals surface area contributed by atoms with Gasteiger partial charge >= 0.3 is 0 Å². The molecule has 0 unspecified atom stereocenters. The highest BCUT2D eigenvalue weighted by molar-refractivity contribution is 5.55. The van der Waals surface area contributed by atoms with Gasteiger partial charge in [-0.1, -0.05) is 58.9 Å². The quantitative estimate of drug-likeness (QED) is 0.427. The molecule has 7 heteroatoms. The Hall–Kier alpha value is -3.06. The molecule has 3 rings (SSSR count). The summed E-state index contributed by atoms with van der Waals surface area (Å²) in [5.74, 6) is 1.31. The first-order valence-corrected chi connectivity index (χ1v) is 10.6. The number of nitrogens with zero attached hydrogens (tertiary/aromatic N) is 3. The van der Waals surface area contributed by atoms with Crippen LogP contribution in [0.1, 0.15) is 70.6 Å². The van der Waals surface area contributed by atoms with Crippen LogP contribution >= 0.6 is 0 Å². The molecule has 31 heavy (non-hydrogen) atoms. The summed E-state index contributed by atoms with van der Waals surface area (Å²) >= 11 is 0. The molecule has 1 aromatic heterocycles. The van der Waals surface area contributed by atoms with Crippen molar-refractivity contribution in [1.82, 2.24) is 10.2 Å². The van der Waals surface area contributed by atoms with Crippen molar-refractivity contribution < 1.29 is 14.7 Å². The fourth-order valence-corrected chi connectivity index (χ4v) is 3.58. The first-order valence-electron chi connectivity index (χ1n) is 10.6. The number of benzene rings is 2. The highest BCUT2D eigenvalue weighted by Gasteiger charge is 2.26. The van der Waals surface area contributed by atoms with Gasteiger partial charge in [-0.2, -0.15) is 0 Å². The highest BCUT2D eigenvalue weighted by atomic mass is 16.6. The van der Waals surface area contributed by atoms with Crippen molar-refractivity contribution in [1.29, 1.82) is 0 Å². The fraction of sp³-hybridized carbons (Fsp3) is 0.417. The molecule has 2 aromatic carbocycles. The molecule has 7 nitrogen and oxygen atoms in total. The van der Waals surface area contributed by atoms with Gasteiger partial charge in [0.05, 0.1) is 4.92 Å². The molecule has 0 saturated carbocycles. The number of nitro benzene ring substituents is 1. The van der Waals surface area contributed by atoms with Gasteiger partial charge in [0, 0.05) is 29.2 Å². The predicted molar refractivity (Wildman–Crippen MR) is 119 cm³/mol. The van der Waals surface area contributed by atoms with E-state index in [1.165, 1.54) is 23.3 Å². The maximum Gasteiger partial charge on any atom is 0.274 e. The minimum absolute atomic E-state index is 0.0300. The minimum atomic E-state index is -0.430. The molecule has 2 atom stereocenters. The second-order valence-electron chi connectivity index (χ2n) is 9.37. The average Bonchev–Trinajstić information content (AvgIpc) is 3.21. The summed E-state index contributed by atoms with van der Waals surface area (Å²) in [6.45, 7) is 13.1. The molecular formula is C24H31N4O3+. The number of non-ortho nitro benzene ring substituents is 1. The van der Waals surface area contributed by atoms with Crippen LogP contribution in [0, 0.1) is 16.0 Å². The zero-order valence-electron chi connectivity index (χ0n) is 19.0. The summed E-state index contributed by atoms with van der Waals surface area (Å²) in [4.78, 5) is 10.4. The summed E-state index contributed by atoms with van der Waals surface area (Å²) < 4.78 is 5.89. The highest BCUT2D eigenvalue weighted by Crippen LogP contribution is 2.26. The minimum Gasteiger partial charge on any atom is -0.415 e. The van der Waals surface area contributed by atoms with E-state index in [4.69, 9.17) is 4.42 Å². The molecule has 0 bridgehead atoms. The second kappa shape index (κ2) is 8.98. The Morgan fingerprint density at radius 2 is 1.58 bits per heavy atom. The number of quaternary nitrogens is 1. The standard InChI is InChI=1S/C24H30N4O3/c1-15(2)21(17-7-11-19(12-8-17)24(4,5)6)25-16(3)22-26-27-23(31-22)18-9-13-20(14-10-18)28(29)30/h7-16,21,25H,1-6H3/p+1/t16-,21-/m0/s1. The third kappa shape index (κ3) is 5.35. The first-order chi connectivity index (χ1) is 14.6. The Morgan fingerprint density at radius 1 is 0.968 bits per heavy atom. The van der Waals surface area contributed by atoms with Gasteiger partial charge in [0.1, 0.15) is 6.04 Å². The van der Waals surface area contributed by atoms with E-state index in [9.17, 15) is 10.1 Å². The number of nitrogens with two attached hydrogens (primary N) is 1. The topological polar surface area (TPSA) is 98.7 Å². The number of hydrogen-bond donors (Lipinski definition) is 1. The lowest BCUT2D eigenvalue weighted by Gasteiger charge is -2.24. The van der Waals surface area contributed by atoms with Gasteiger partial charge in [0.2, 0.25) is 5.89 Å². The van der Waals surface area contributed by atoms with Crippen LogP contribution < -0.4 is 5.32 Å². The van der Waals surface area contributed by atoms with Gasteiger partial charge in [0.25, 0.3) is 11.6 Å². The third-order valence-electron chi connectivity index (χ3n) is 5.53. The van der Waals surface area contributed by atoms with E-state index in [2.05, 4.69) is 74.4 Å². The van der Waals surface area contributed by atoms with Crippen LogP contribution in [-0.4, -0.2) is 15.1 Å². The first kappa shape index (κ1) is 22.6. The van der Waals surface area contributed by atoms with E-state index < -0.39 is 4.92 Å². The molecule has 0 saturated heterocycles. The summed E-state index contributed by atoms with van der Waals surface area (Å²) in [6, 6.07) is 15.2. The summed E-state index contributed by atoms with van der Waals surface area (Å²) in [7, 11) is 0. The van der Waals surface area contributed by atoms with Crippen molar-refractivity contribution in [2.75, 3.05) is 0 Å². The van der Waals surface area contributed by atoms with Crippen LogP contribution in [-0.2, 0) is 5.41 Å². The molecule has 2 N–H and O–H groups in total. The fourth-order valence-electron chi connectivity index (χ4n) is 3.58. The van der Waals surface area contributed by atoms with Crippen molar-refractivity contribution in [3.05, 3.63) is 75.7 Å². The van der Waals surface area contributed by atoms with Gasteiger partial charge in [-0.05, 0) is 30.0 Å². The predicted octanol–water partition coefficient (Wildman–Crippen LogP) is 4.96. The lowest BCUT2D eigenvalue weighted by molar-refractivity contribution is -0.739. The van der Waals surface area contributed by atoms with Crippen LogP contribution in [0.25, 0.3) is 11.5 Å². The molecule has 0 amide bonds. The third-order valence-corrected chi connectivity index (χ3v) is 5.53. The van der Waals surface area contributed by atoms with E-state index in [-0.39, 0.29) is 23.2 Å². The Morgan fingerprint density at radius 3 is 2.10 bits per heavy atom. The van der Waals surface area contributed by atoms with Gasteiger partial charge in [-0.3, -0.25) is 10.1 Å².